The Hall–Kier alpha value is -1.62. The lowest BCUT2D eigenvalue weighted by molar-refractivity contribution is 0.139. The molecule has 1 heterocycles. The van der Waals surface area contributed by atoms with Gasteiger partial charge in [-0.1, -0.05) is 0 Å². The molecule has 112 valence electrons. The number of nitrogen functional groups attached to an aromatic ring is 1. The number of rotatable bonds is 3. The minimum absolute atomic E-state index is 0.123. The van der Waals surface area contributed by atoms with E-state index in [9.17, 15) is 0 Å². The van der Waals surface area contributed by atoms with Gasteiger partial charge in [-0.05, 0) is 20.9 Å². The van der Waals surface area contributed by atoms with E-state index in [2.05, 4.69) is 30.7 Å². The van der Waals surface area contributed by atoms with E-state index in [1.165, 1.54) is 0 Å². The molecule has 0 spiro atoms. The van der Waals surface area contributed by atoms with Crippen molar-refractivity contribution in [1.82, 2.24) is 4.90 Å². The molecule has 1 aliphatic rings. The highest BCUT2D eigenvalue weighted by molar-refractivity contribution is 5.73. The van der Waals surface area contributed by atoms with Gasteiger partial charge in [0.1, 0.15) is 0 Å². The fraction of sp³-hybridized carbons (Fsp3) is 0.600. The van der Waals surface area contributed by atoms with Crippen LogP contribution in [0.5, 0.6) is 11.5 Å². The number of hydrogen-bond acceptors (Lipinski definition) is 5. The maximum absolute atomic E-state index is 6.18. The van der Waals surface area contributed by atoms with E-state index in [-0.39, 0.29) is 5.54 Å². The van der Waals surface area contributed by atoms with Crippen LogP contribution in [0.25, 0.3) is 0 Å². The summed E-state index contributed by atoms with van der Waals surface area (Å²) in [6, 6.07) is 3.80. The third-order valence-electron chi connectivity index (χ3n) is 4.19. The highest BCUT2D eigenvalue weighted by Crippen LogP contribution is 2.38. The van der Waals surface area contributed by atoms with Crippen molar-refractivity contribution < 1.29 is 9.47 Å². The Balaban J connectivity index is 2.33. The van der Waals surface area contributed by atoms with Crippen LogP contribution in [-0.4, -0.2) is 51.3 Å². The molecule has 0 atom stereocenters. The quantitative estimate of drug-likeness (QED) is 0.855. The molecule has 1 aromatic carbocycles. The molecule has 0 amide bonds. The first-order chi connectivity index (χ1) is 9.39. The van der Waals surface area contributed by atoms with Crippen LogP contribution in [0.1, 0.15) is 13.8 Å². The summed E-state index contributed by atoms with van der Waals surface area (Å²) in [7, 11) is 5.43. The molecule has 5 nitrogen and oxygen atoms in total. The molecular weight excluding hydrogens is 254 g/mol. The van der Waals surface area contributed by atoms with E-state index >= 15 is 0 Å². The summed E-state index contributed by atoms with van der Waals surface area (Å²) in [4.78, 5) is 4.69. The van der Waals surface area contributed by atoms with Crippen molar-refractivity contribution in [3.8, 4) is 11.5 Å². The molecule has 2 N–H and O–H groups in total. The maximum atomic E-state index is 6.18. The minimum atomic E-state index is 0.123. The number of hydrogen-bond donors (Lipinski definition) is 1. The first-order valence-electron chi connectivity index (χ1n) is 6.86. The maximum Gasteiger partial charge on any atom is 0.162 e. The van der Waals surface area contributed by atoms with Crippen LogP contribution in [0.15, 0.2) is 12.1 Å². The Morgan fingerprint density at radius 3 is 2.25 bits per heavy atom. The average molecular weight is 279 g/mol. The minimum Gasteiger partial charge on any atom is -0.493 e. The van der Waals surface area contributed by atoms with Crippen LogP contribution < -0.4 is 20.1 Å². The predicted molar refractivity (Wildman–Crippen MR) is 82.9 cm³/mol. The molecule has 5 heteroatoms. The van der Waals surface area contributed by atoms with E-state index in [0.717, 1.165) is 31.0 Å². The van der Waals surface area contributed by atoms with Crippen LogP contribution in [0.2, 0.25) is 0 Å². The lowest BCUT2D eigenvalue weighted by Gasteiger charge is -2.46. The topological polar surface area (TPSA) is 51.0 Å². The average Bonchev–Trinajstić information content (AvgIpc) is 2.41. The Morgan fingerprint density at radius 2 is 1.70 bits per heavy atom. The standard InChI is InChI=1S/C15H25N3O2/c1-15(2)10-18(7-6-17(15)3)12-9-14(20-5)13(19-4)8-11(12)16/h8-9H,6-7,10,16H2,1-5H3. The number of ether oxygens (including phenoxy) is 2. The Labute approximate surface area is 121 Å². The fourth-order valence-corrected chi connectivity index (χ4v) is 2.60. The Bertz CT molecular complexity index is 488. The lowest BCUT2D eigenvalue weighted by atomic mass is 9.99. The number of methoxy groups -OCH3 is 2. The van der Waals surface area contributed by atoms with Gasteiger partial charge in [0, 0.05) is 37.3 Å². The molecule has 1 saturated heterocycles. The molecule has 0 aliphatic carbocycles. The number of nitrogens with zero attached hydrogens (tertiary/aromatic N) is 2. The van der Waals surface area contributed by atoms with Crippen molar-refractivity contribution in [1.29, 1.82) is 0 Å². The molecule has 2 rings (SSSR count). The monoisotopic (exact) mass is 279 g/mol. The Kier molecular flexibility index (Phi) is 3.99. The first kappa shape index (κ1) is 14.8. The normalized spacial score (nSPS) is 18.9. The molecular formula is C15H25N3O2. The summed E-state index contributed by atoms with van der Waals surface area (Å²) in [6.45, 7) is 7.40. The molecule has 0 aromatic heterocycles. The number of likely N-dealkylation sites (N-methyl/N-ethyl adjacent to an activating group) is 1. The first-order valence-corrected chi connectivity index (χ1v) is 6.86. The van der Waals surface area contributed by atoms with E-state index in [1.807, 2.05) is 12.1 Å². The van der Waals surface area contributed by atoms with Gasteiger partial charge in [0.2, 0.25) is 0 Å². The summed E-state index contributed by atoms with van der Waals surface area (Å²) >= 11 is 0. The van der Waals surface area contributed by atoms with Gasteiger partial charge in [0.25, 0.3) is 0 Å². The second-order valence-corrected chi connectivity index (χ2v) is 5.92. The molecule has 0 radical (unpaired) electrons. The van der Waals surface area contributed by atoms with Crippen molar-refractivity contribution in [2.24, 2.45) is 0 Å². The number of benzene rings is 1. The second-order valence-electron chi connectivity index (χ2n) is 5.92. The van der Waals surface area contributed by atoms with Gasteiger partial charge in [-0.15, -0.1) is 0 Å². The highest BCUT2D eigenvalue weighted by atomic mass is 16.5. The molecule has 1 aliphatic heterocycles. The summed E-state index contributed by atoms with van der Waals surface area (Å²) in [5, 5.41) is 0. The fourth-order valence-electron chi connectivity index (χ4n) is 2.60. The van der Waals surface area contributed by atoms with Crippen LogP contribution in [0, 0.1) is 0 Å². The van der Waals surface area contributed by atoms with E-state index < -0.39 is 0 Å². The van der Waals surface area contributed by atoms with Gasteiger partial charge in [-0.2, -0.15) is 0 Å². The van der Waals surface area contributed by atoms with Gasteiger partial charge in [-0.3, -0.25) is 4.90 Å². The SMILES string of the molecule is COc1cc(N)c(N2CCN(C)C(C)(C)C2)cc1OC. The van der Waals surface area contributed by atoms with Crippen molar-refractivity contribution in [2.45, 2.75) is 19.4 Å². The number of anilines is 2. The van der Waals surface area contributed by atoms with Crippen molar-refractivity contribution in [3.05, 3.63) is 12.1 Å². The zero-order chi connectivity index (χ0) is 14.9. The van der Waals surface area contributed by atoms with E-state index in [4.69, 9.17) is 15.2 Å². The molecule has 1 fully saturated rings. The van der Waals surface area contributed by atoms with Gasteiger partial charge in [-0.25, -0.2) is 0 Å². The van der Waals surface area contributed by atoms with Crippen molar-refractivity contribution in [3.63, 3.8) is 0 Å². The number of nitrogens with two attached hydrogens (primary N) is 1. The van der Waals surface area contributed by atoms with Gasteiger partial charge in [0.05, 0.1) is 25.6 Å². The predicted octanol–water partition coefficient (Wildman–Crippen LogP) is 1.82. The third kappa shape index (κ3) is 2.63. The molecule has 0 unspecified atom stereocenters. The summed E-state index contributed by atoms with van der Waals surface area (Å²) < 4.78 is 10.7. The van der Waals surface area contributed by atoms with Crippen molar-refractivity contribution >= 4 is 11.4 Å². The van der Waals surface area contributed by atoms with Crippen LogP contribution in [-0.2, 0) is 0 Å². The summed E-state index contributed by atoms with van der Waals surface area (Å²) in [6.07, 6.45) is 0. The van der Waals surface area contributed by atoms with Crippen LogP contribution in [0.3, 0.4) is 0 Å². The van der Waals surface area contributed by atoms with Gasteiger partial charge < -0.3 is 20.1 Å². The largest absolute Gasteiger partial charge is 0.493 e. The smallest absolute Gasteiger partial charge is 0.162 e. The molecule has 0 saturated carbocycles. The number of piperazine rings is 1. The lowest BCUT2D eigenvalue weighted by Crippen LogP contribution is -2.57. The molecule has 0 bridgehead atoms. The third-order valence-corrected chi connectivity index (χ3v) is 4.19. The van der Waals surface area contributed by atoms with Gasteiger partial charge >= 0.3 is 0 Å². The van der Waals surface area contributed by atoms with Gasteiger partial charge in [0.15, 0.2) is 11.5 Å². The van der Waals surface area contributed by atoms with Crippen molar-refractivity contribution in [2.75, 3.05) is 51.5 Å². The van der Waals surface area contributed by atoms with Crippen LogP contribution in [0.4, 0.5) is 11.4 Å². The zero-order valence-electron chi connectivity index (χ0n) is 13.1. The summed E-state index contributed by atoms with van der Waals surface area (Å²) in [5.74, 6) is 1.38. The van der Waals surface area contributed by atoms with Crippen LogP contribution >= 0.6 is 0 Å². The summed E-state index contributed by atoms with van der Waals surface area (Å²) in [5.41, 5.74) is 8.05. The zero-order valence-corrected chi connectivity index (χ0v) is 13.1. The molecule has 20 heavy (non-hydrogen) atoms. The molecule has 1 aromatic rings. The van der Waals surface area contributed by atoms with E-state index in [0.29, 0.717) is 11.5 Å². The van der Waals surface area contributed by atoms with E-state index in [1.54, 1.807) is 14.2 Å². The Morgan fingerprint density at radius 1 is 1.10 bits per heavy atom. The highest BCUT2D eigenvalue weighted by Gasteiger charge is 2.32. The second kappa shape index (κ2) is 5.40.